The Morgan fingerprint density at radius 2 is 2.07 bits per heavy atom. The van der Waals surface area contributed by atoms with Crippen molar-refractivity contribution in [2.24, 2.45) is 0 Å². The quantitative estimate of drug-likeness (QED) is 0.523. The Balaban J connectivity index is 0.00000169. The zero-order chi connectivity index (χ0) is 9.90. The molecule has 3 nitrogen and oxygen atoms in total. The number of hydrogen-bond acceptors (Lipinski definition) is 2. The van der Waals surface area contributed by atoms with E-state index >= 15 is 0 Å². The third kappa shape index (κ3) is 6.41. The first-order valence-electron chi connectivity index (χ1n) is 4.17. The molecular formula is C6H11BF3KN2O. The SMILES string of the molecule is O=C1CN(C[B-](F)(F)F)CCCN1.[K+]. The summed E-state index contributed by atoms with van der Waals surface area (Å²) in [5, 5.41) is 2.52. The number of rotatable bonds is 2. The molecule has 0 spiro atoms. The molecule has 8 heteroatoms. The Kier molecular flexibility index (Phi) is 6.92. The predicted octanol–water partition coefficient (Wildman–Crippen LogP) is -2.80. The normalized spacial score (nSPS) is 19.5. The summed E-state index contributed by atoms with van der Waals surface area (Å²) >= 11 is 0. The molecule has 1 rings (SSSR count). The van der Waals surface area contributed by atoms with Gasteiger partial charge in [-0.25, -0.2) is 0 Å². The van der Waals surface area contributed by atoms with Crippen molar-refractivity contribution in [2.75, 3.05) is 26.1 Å². The van der Waals surface area contributed by atoms with Crippen molar-refractivity contribution in [2.45, 2.75) is 6.42 Å². The van der Waals surface area contributed by atoms with Gasteiger partial charge >= 0.3 is 58.4 Å². The van der Waals surface area contributed by atoms with Crippen LogP contribution in [0.15, 0.2) is 0 Å². The molecule has 0 aliphatic carbocycles. The van der Waals surface area contributed by atoms with Crippen molar-refractivity contribution >= 4 is 12.9 Å². The van der Waals surface area contributed by atoms with Crippen LogP contribution in [0.5, 0.6) is 0 Å². The summed E-state index contributed by atoms with van der Waals surface area (Å²) in [5.41, 5.74) is 0. The fraction of sp³-hybridized carbons (Fsp3) is 0.833. The van der Waals surface area contributed by atoms with Gasteiger partial charge in [0.2, 0.25) is 5.91 Å². The molecule has 0 aromatic carbocycles. The molecule has 1 aliphatic heterocycles. The first-order valence-corrected chi connectivity index (χ1v) is 4.17. The van der Waals surface area contributed by atoms with Gasteiger partial charge in [0.05, 0.1) is 6.54 Å². The Morgan fingerprint density at radius 1 is 1.43 bits per heavy atom. The zero-order valence-electron chi connectivity index (χ0n) is 8.10. The number of halogens is 3. The van der Waals surface area contributed by atoms with Gasteiger partial charge in [-0.1, -0.05) is 0 Å². The standard InChI is InChI=1S/C6H11BF3N2O.K/c8-7(9,10)5-12-3-1-2-11-6(13)4-12;/h1-5H2,(H,11,13);/q-1;+1. The van der Waals surface area contributed by atoms with Gasteiger partial charge in [-0.15, -0.1) is 0 Å². The first-order chi connectivity index (χ1) is 5.97. The van der Waals surface area contributed by atoms with E-state index < -0.39 is 13.4 Å². The molecule has 0 bridgehead atoms. The number of nitrogens with one attached hydrogen (secondary N) is 1. The van der Waals surface area contributed by atoms with Crippen LogP contribution in [0.3, 0.4) is 0 Å². The number of amides is 1. The van der Waals surface area contributed by atoms with E-state index in [1.807, 2.05) is 0 Å². The van der Waals surface area contributed by atoms with E-state index in [0.717, 1.165) is 4.90 Å². The van der Waals surface area contributed by atoms with Gasteiger partial charge in [0.1, 0.15) is 0 Å². The van der Waals surface area contributed by atoms with Crippen molar-refractivity contribution in [3.05, 3.63) is 0 Å². The van der Waals surface area contributed by atoms with Crippen LogP contribution < -0.4 is 56.7 Å². The zero-order valence-corrected chi connectivity index (χ0v) is 11.2. The molecule has 1 N–H and O–H groups in total. The molecule has 1 heterocycles. The summed E-state index contributed by atoms with van der Waals surface area (Å²) < 4.78 is 36.0. The molecule has 1 aliphatic rings. The Labute approximate surface area is 123 Å². The second kappa shape index (κ2) is 6.49. The minimum Gasteiger partial charge on any atom is -0.448 e. The van der Waals surface area contributed by atoms with Crippen molar-refractivity contribution < 1.29 is 69.1 Å². The van der Waals surface area contributed by atoms with Gasteiger partial charge < -0.3 is 23.2 Å². The maximum Gasteiger partial charge on any atom is 1.00 e. The smallest absolute Gasteiger partial charge is 0.448 e. The van der Waals surface area contributed by atoms with E-state index in [4.69, 9.17) is 0 Å². The van der Waals surface area contributed by atoms with Gasteiger partial charge in [-0.2, -0.15) is 0 Å². The van der Waals surface area contributed by atoms with Crippen molar-refractivity contribution in [3.63, 3.8) is 0 Å². The van der Waals surface area contributed by atoms with Gasteiger partial charge in [-0.3, -0.25) is 4.79 Å². The van der Waals surface area contributed by atoms with Crippen molar-refractivity contribution in [1.82, 2.24) is 10.2 Å². The maximum atomic E-state index is 12.0. The molecule has 1 amide bonds. The monoisotopic (exact) mass is 234 g/mol. The van der Waals surface area contributed by atoms with Gasteiger partial charge in [-0.05, 0) is 19.4 Å². The van der Waals surface area contributed by atoms with E-state index in [0.29, 0.717) is 19.5 Å². The molecule has 0 radical (unpaired) electrons. The number of nitrogens with zero attached hydrogens (tertiary/aromatic N) is 1. The summed E-state index contributed by atoms with van der Waals surface area (Å²) in [5.74, 6) is -0.322. The summed E-state index contributed by atoms with van der Waals surface area (Å²) in [7, 11) is 0. The molecule has 0 atom stereocenters. The average Bonchev–Trinajstić information content (AvgIpc) is 2.10. The second-order valence-electron chi connectivity index (χ2n) is 3.15. The molecule has 0 aromatic rings. The molecule has 0 aromatic heterocycles. The molecule has 0 unspecified atom stereocenters. The van der Waals surface area contributed by atoms with E-state index in [-0.39, 0.29) is 63.8 Å². The topological polar surface area (TPSA) is 32.3 Å². The maximum absolute atomic E-state index is 12.0. The molecule has 1 saturated heterocycles. The summed E-state index contributed by atoms with van der Waals surface area (Å²) in [6.45, 7) is -4.15. The largest absolute Gasteiger partial charge is 1.00 e. The van der Waals surface area contributed by atoms with Crippen LogP contribution in [0.4, 0.5) is 12.9 Å². The van der Waals surface area contributed by atoms with Crippen LogP contribution in [0.25, 0.3) is 0 Å². The molecule has 0 saturated carbocycles. The average molecular weight is 234 g/mol. The van der Waals surface area contributed by atoms with Crippen LogP contribution in [0, 0.1) is 0 Å². The third-order valence-electron chi connectivity index (χ3n) is 1.81. The summed E-state index contributed by atoms with van der Waals surface area (Å²) in [4.78, 5) is 12.0. The minimum absolute atomic E-state index is 0. The molecular weight excluding hydrogens is 223 g/mol. The molecule has 1 fully saturated rings. The number of carbonyl (C=O) groups excluding carboxylic acids is 1. The van der Waals surface area contributed by atoms with Crippen LogP contribution >= 0.6 is 0 Å². The summed E-state index contributed by atoms with van der Waals surface area (Å²) in [6, 6.07) is 0. The van der Waals surface area contributed by atoms with Gasteiger partial charge in [0.25, 0.3) is 0 Å². The van der Waals surface area contributed by atoms with Crippen LogP contribution in [-0.4, -0.2) is 43.9 Å². The second-order valence-corrected chi connectivity index (χ2v) is 3.15. The van der Waals surface area contributed by atoms with E-state index in [2.05, 4.69) is 5.32 Å². The Bertz CT molecular complexity index is 202. The minimum atomic E-state index is -4.82. The Morgan fingerprint density at radius 3 is 2.64 bits per heavy atom. The van der Waals surface area contributed by atoms with Gasteiger partial charge in [0.15, 0.2) is 0 Å². The van der Waals surface area contributed by atoms with Crippen molar-refractivity contribution in [1.29, 1.82) is 0 Å². The fourth-order valence-corrected chi connectivity index (χ4v) is 1.32. The number of carbonyl (C=O) groups is 1. The summed E-state index contributed by atoms with van der Waals surface area (Å²) in [6.07, 6.45) is -0.356. The predicted molar refractivity (Wildman–Crippen MR) is 43.1 cm³/mol. The van der Waals surface area contributed by atoms with Gasteiger partial charge in [0, 0.05) is 6.54 Å². The first kappa shape index (κ1) is 14.9. The van der Waals surface area contributed by atoms with E-state index in [9.17, 15) is 17.7 Å². The Hall–Kier alpha value is 0.921. The van der Waals surface area contributed by atoms with E-state index in [1.165, 1.54) is 0 Å². The van der Waals surface area contributed by atoms with Crippen molar-refractivity contribution in [3.8, 4) is 0 Å². The number of hydrogen-bond donors (Lipinski definition) is 1. The molecule has 76 valence electrons. The molecule has 14 heavy (non-hydrogen) atoms. The van der Waals surface area contributed by atoms with Crippen LogP contribution in [0.1, 0.15) is 6.42 Å². The van der Waals surface area contributed by atoms with Crippen LogP contribution in [0.2, 0.25) is 0 Å². The van der Waals surface area contributed by atoms with Crippen LogP contribution in [-0.2, 0) is 4.79 Å². The van der Waals surface area contributed by atoms with E-state index in [1.54, 1.807) is 0 Å². The third-order valence-corrected chi connectivity index (χ3v) is 1.81. The fourth-order valence-electron chi connectivity index (χ4n) is 1.32.